The Hall–Kier alpha value is -4.79. The van der Waals surface area contributed by atoms with E-state index >= 15 is 0 Å². The van der Waals surface area contributed by atoms with Crippen LogP contribution in [0.2, 0.25) is 0 Å². The average Bonchev–Trinajstić information content (AvgIpc) is 3.59. The van der Waals surface area contributed by atoms with Crippen molar-refractivity contribution in [1.29, 1.82) is 0 Å². The maximum absolute atomic E-state index is 11.8. The number of hydrogen-bond donors (Lipinski definition) is 2. The lowest BCUT2D eigenvalue weighted by atomic mass is 9.87. The number of hydrogen-bond acceptors (Lipinski definition) is 6. The number of fused-ring (bicyclic) bond motifs is 1. The van der Waals surface area contributed by atoms with Crippen molar-refractivity contribution in [2.45, 2.75) is 57.6 Å². The van der Waals surface area contributed by atoms with Crippen LogP contribution in [0, 0.1) is 0 Å². The van der Waals surface area contributed by atoms with Crippen LogP contribution in [-0.2, 0) is 30.5 Å². The third kappa shape index (κ3) is 7.17. The number of benzene rings is 3. The largest absolute Gasteiger partial charge is 0.497 e. The summed E-state index contributed by atoms with van der Waals surface area (Å²) in [5.41, 5.74) is 9.06. The van der Waals surface area contributed by atoms with Crippen molar-refractivity contribution in [2.24, 2.45) is 5.73 Å². The number of aromatic amines is 1. The normalized spacial score (nSPS) is 12.3. The highest BCUT2D eigenvalue weighted by Gasteiger charge is 2.32. The van der Waals surface area contributed by atoms with Gasteiger partial charge in [-0.3, -0.25) is 0 Å². The molecule has 224 valence electrons. The fourth-order valence-corrected chi connectivity index (χ4v) is 5.79. The quantitative estimate of drug-likeness (QED) is 0.171. The zero-order valence-corrected chi connectivity index (χ0v) is 25.2. The fourth-order valence-electron chi connectivity index (χ4n) is 5.79. The molecule has 0 aliphatic carbocycles. The number of nitrogens with two attached hydrogens (primary N) is 1. The summed E-state index contributed by atoms with van der Waals surface area (Å²) < 4.78 is 18.9. The highest BCUT2D eigenvalue weighted by Crippen LogP contribution is 2.34. The van der Waals surface area contributed by atoms with Gasteiger partial charge in [0, 0.05) is 41.1 Å². The van der Waals surface area contributed by atoms with Crippen molar-refractivity contribution in [1.82, 2.24) is 19.7 Å². The number of carbonyl (C=O) groups excluding carboxylic acids is 1. The van der Waals surface area contributed by atoms with Crippen molar-refractivity contribution in [2.75, 3.05) is 14.2 Å². The van der Waals surface area contributed by atoms with Crippen molar-refractivity contribution in [3.05, 3.63) is 107 Å². The smallest absolute Gasteiger partial charge is 0.405 e. The lowest BCUT2D eigenvalue weighted by molar-refractivity contribution is 0.0328. The molecule has 0 saturated carbocycles. The molecular formula is C34H39N5O4. The maximum atomic E-state index is 11.8. The Morgan fingerprint density at radius 1 is 0.953 bits per heavy atom. The minimum atomic E-state index is -0.832. The predicted octanol–water partition coefficient (Wildman–Crippen LogP) is 6.20. The van der Waals surface area contributed by atoms with E-state index in [-0.39, 0.29) is 5.92 Å². The second-order valence-electron chi connectivity index (χ2n) is 11.4. The number of nitrogens with zero attached hydrogens (tertiary/aromatic N) is 3. The zero-order chi connectivity index (χ0) is 30.4. The van der Waals surface area contributed by atoms with Gasteiger partial charge in [-0.1, -0.05) is 48.5 Å². The van der Waals surface area contributed by atoms with Gasteiger partial charge in [0.2, 0.25) is 0 Å². The van der Waals surface area contributed by atoms with E-state index in [1.54, 1.807) is 14.2 Å². The number of H-pyrrole nitrogens is 1. The molecule has 0 saturated heterocycles. The van der Waals surface area contributed by atoms with Crippen LogP contribution in [0.4, 0.5) is 4.79 Å². The first-order valence-electron chi connectivity index (χ1n) is 14.5. The predicted molar refractivity (Wildman–Crippen MR) is 167 cm³/mol. The van der Waals surface area contributed by atoms with Gasteiger partial charge in [0.1, 0.15) is 28.7 Å². The van der Waals surface area contributed by atoms with Gasteiger partial charge >= 0.3 is 6.09 Å². The van der Waals surface area contributed by atoms with Crippen molar-refractivity contribution in [3.63, 3.8) is 0 Å². The van der Waals surface area contributed by atoms with Gasteiger partial charge in [-0.25, -0.2) is 4.79 Å². The molecule has 0 aliphatic rings. The third-order valence-electron chi connectivity index (χ3n) is 7.78. The number of aryl methyl sites for hydroxylation is 2. The fraction of sp³-hybridized carbons (Fsp3) is 0.324. The van der Waals surface area contributed by atoms with Crippen LogP contribution >= 0.6 is 0 Å². The molecule has 3 N–H and O–H groups in total. The third-order valence-corrected chi connectivity index (χ3v) is 7.78. The molecule has 1 atom stereocenters. The SMILES string of the molecule is COc1ccc(Cn2c(CCc3ccccc3)nnc2C(Cc2c[nH]c3ccccc23)CC(C)(C)OC(N)=O)c(OC)c1. The summed E-state index contributed by atoms with van der Waals surface area (Å²) in [7, 11) is 3.30. The van der Waals surface area contributed by atoms with E-state index < -0.39 is 11.7 Å². The Kier molecular flexibility index (Phi) is 8.99. The van der Waals surface area contributed by atoms with E-state index in [0.29, 0.717) is 25.8 Å². The van der Waals surface area contributed by atoms with Crippen LogP contribution in [-0.4, -0.2) is 45.7 Å². The Balaban J connectivity index is 1.57. The van der Waals surface area contributed by atoms with Gasteiger partial charge in [0.25, 0.3) is 0 Å². The first-order chi connectivity index (χ1) is 20.8. The number of nitrogens with one attached hydrogen (secondary N) is 1. The van der Waals surface area contributed by atoms with Crippen molar-refractivity contribution < 1.29 is 19.0 Å². The molecule has 2 heterocycles. The van der Waals surface area contributed by atoms with Crippen LogP contribution in [0.1, 0.15) is 54.5 Å². The molecule has 1 amide bonds. The molecule has 9 heteroatoms. The summed E-state index contributed by atoms with van der Waals surface area (Å²) in [6.07, 6.45) is 3.92. The van der Waals surface area contributed by atoms with Gasteiger partial charge in [0.15, 0.2) is 0 Å². The Bertz CT molecular complexity index is 1670. The van der Waals surface area contributed by atoms with E-state index in [9.17, 15) is 4.79 Å². The summed E-state index contributed by atoms with van der Waals surface area (Å²) in [6.45, 7) is 4.26. The van der Waals surface area contributed by atoms with E-state index in [2.05, 4.69) is 33.8 Å². The molecule has 0 bridgehead atoms. The number of methoxy groups -OCH3 is 2. The number of carbonyl (C=O) groups is 1. The van der Waals surface area contributed by atoms with Crippen LogP contribution in [0.5, 0.6) is 11.5 Å². The molecule has 5 aromatic rings. The number of ether oxygens (including phenoxy) is 3. The lowest BCUT2D eigenvalue weighted by Gasteiger charge is -2.29. The molecular weight excluding hydrogens is 542 g/mol. The van der Waals surface area contributed by atoms with E-state index in [4.69, 9.17) is 30.1 Å². The zero-order valence-electron chi connectivity index (χ0n) is 25.2. The molecule has 9 nitrogen and oxygen atoms in total. The average molecular weight is 582 g/mol. The molecule has 5 rings (SSSR count). The maximum Gasteiger partial charge on any atom is 0.405 e. The van der Waals surface area contributed by atoms with E-state index in [0.717, 1.165) is 51.6 Å². The van der Waals surface area contributed by atoms with Gasteiger partial charge in [0.05, 0.1) is 20.8 Å². The Morgan fingerprint density at radius 3 is 2.47 bits per heavy atom. The summed E-state index contributed by atoms with van der Waals surface area (Å²) >= 11 is 0. The molecule has 43 heavy (non-hydrogen) atoms. The van der Waals surface area contributed by atoms with Crippen LogP contribution in [0.15, 0.2) is 79.0 Å². The molecule has 0 fully saturated rings. The lowest BCUT2D eigenvalue weighted by Crippen LogP contribution is -2.34. The second kappa shape index (κ2) is 13.0. The number of para-hydroxylation sites is 1. The summed E-state index contributed by atoms with van der Waals surface area (Å²) in [5.74, 6) is 2.98. The minimum absolute atomic E-state index is 0.143. The highest BCUT2D eigenvalue weighted by molar-refractivity contribution is 5.83. The van der Waals surface area contributed by atoms with Gasteiger partial charge in [-0.15, -0.1) is 10.2 Å². The molecule has 0 radical (unpaired) electrons. The molecule has 1 unspecified atom stereocenters. The second-order valence-corrected chi connectivity index (χ2v) is 11.4. The highest BCUT2D eigenvalue weighted by atomic mass is 16.6. The Morgan fingerprint density at radius 2 is 1.72 bits per heavy atom. The molecule has 0 aliphatic heterocycles. The monoisotopic (exact) mass is 581 g/mol. The van der Waals surface area contributed by atoms with Crippen molar-refractivity contribution >= 4 is 17.0 Å². The van der Waals surface area contributed by atoms with Crippen LogP contribution in [0.25, 0.3) is 10.9 Å². The first kappa shape index (κ1) is 29.7. The summed E-state index contributed by atoms with van der Waals surface area (Å²) in [5, 5.41) is 10.7. The van der Waals surface area contributed by atoms with Crippen LogP contribution < -0.4 is 15.2 Å². The Labute approximate surface area is 252 Å². The molecule has 2 aromatic heterocycles. The van der Waals surface area contributed by atoms with E-state index in [1.807, 2.05) is 68.6 Å². The van der Waals surface area contributed by atoms with Crippen molar-refractivity contribution in [3.8, 4) is 11.5 Å². The standard InChI is InChI=1S/C34H39N5O4/c1-34(2,43-33(35)40)20-25(18-26-21-36-29-13-9-8-12-28(26)29)32-38-37-31(17-14-23-10-6-5-7-11-23)39(32)22-24-15-16-27(41-3)19-30(24)42-4/h5-13,15-16,19,21,25,36H,14,17-18,20,22H2,1-4H3,(H2,35,40). The number of aromatic nitrogens is 4. The number of primary amides is 1. The first-order valence-corrected chi connectivity index (χ1v) is 14.5. The van der Waals surface area contributed by atoms with Gasteiger partial charge in [-0.2, -0.15) is 0 Å². The number of rotatable bonds is 13. The van der Waals surface area contributed by atoms with E-state index in [1.165, 1.54) is 5.56 Å². The number of amides is 1. The minimum Gasteiger partial charge on any atom is -0.497 e. The molecule has 3 aromatic carbocycles. The van der Waals surface area contributed by atoms with Gasteiger partial charge < -0.3 is 29.5 Å². The topological polar surface area (TPSA) is 117 Å². The summed E-state index contributed by atoms with van der Waals surface area (Å²) in [4.78, 5) is 15.2. The summed E-state index contributed by atoms with van der Waals surface area (Å²) in [6, 6.07) is 24.4. The molecule has 0 spiro atoms. The van der Waals surface area contributed by atoms with Gasteiger partial charge in [-0.05, 0) is 62.4 Å². The van der Waals surface area contributed by atoms with Crippen LogP contribution in [0.3, 0.4) is 0 Å².